The molecule has 0 aliphatic heterocycles. The van der Waals surface area contributed by atoms with Crippen LogP contribution in [0.1, 0.15) is 16.7 Å². The van der Waals surface area contributed by atoms with Crippen LogP contribution >= 0.6 is 15.9 Å². The van der Waals surface area contributed by atoms with Gasteiger partial charge in [0.05, 0.1) is 21.0 Å². The van der Waals surface area contributed by atoms with Crippen LogP contribution in [0.3, 0.4) is 0 Å². The fraction of sp³-hybridized carbons (Fsp3) is 0.0455. The van der Waals surface area contributed by atoms with Crippen molar-refractivity contribution in [1.29, 1.82) is 5.26 Å². The van der Waals surface area contributed by atoms with Crippen molar-refractivity contribution in [2.24, 2.45) is 0 Å². The predicted octanol–water partition coefficient (Wildman–Crippen LogP) is 6.14. The summed E-state index contributed by atoms with van der Waals surface area (Å²) in [4.78, 5) is 10.2. The molecule has 0 amide bonds. The molecular formula is C22H14BrFN2O3. The van der Waals surface area contributed by atoms with Crippen LogP contribution in [0.5, 0.6) is 5.75 Å². The van der Waals surface area contributed by atoms with Gasteiger partial charge in [0.15, 0.2) is 0 Å². The summed E-state index contributed by atoms with van der Waals surface area (Å²) < 4.78 is 20.4. The second-order valence-corrected chi connectivity index (χ2v) is 6.91. The van der Waals surface area contributed by atoms with Crippen molar-refractivity contribution >= 4 is 33.3 Å². The number of allylic oxidation sites excluding steroid dienone is 1. The summed E-state index contributed by atoms with van der Waals surface area (Å²) >= 11 is 3.43. The molecule has 0 aliphatic carbocycles. The Labute approximate surface area is 175 Å². The first-order valence-corrected chi connectivity index (χ1v) is 9.29. The van der Waals surface area contributed by atoms with Gasteiger partial charge in [-0.3, -0.25) is 10.1 Å². The minimum atomic E-state index is -0.456. The van der Waals surface area contributed by atoms with E-state index < -0.39 is 10.7 Å². The molecule has 0 fully saturated rings. The summed E-state index contributed by atoms with van der Waals surface area (Å²) in [6.07, 6.45) is 1.60. The molecule has 29 heavy (non-hydrogen) atoms. The van der Waals surface area contributed by atoms with Crippen molar-refractivity contribution in [3.63, 3.8) is 0 Å². The van der Waals surface area contributed by atoms with Crippen LogP contribution in [0, 0.1) is 27.3 Å². The molecule has 5 nitrogen and oxygen atoms in total. The molecule has 0 atom stereocenters. The van der Waals surface area contributed by atoms with E-state index in [-0.39, 0.29) is 23.4 Å². The van der Waals surface area contributed by atoms with Crippen LogP contribution in [-0.4, -0.2) is 4.92 Å². The van der Waals surface area contributed by atoms with Gasteiger partial charge in [0.25, 0.3) is 5.69 Å². The lowest BCUT2D eigenvalue weighted by Gasteiger charge is -2.09. The third-order valence-electron chi connectivity index (χ3n) is 4.09. The van der Waals surface area contributed by atoms with Crippen molar-refractivity contribution in [2.45, 2.75) is 6.61 Å². The molecule has 0 aliphatic rings. The van der Waals surface area contributed by atoms with E-state index in [1.54, 1.807) is 54.6 Å². The maximum atomic E-state index is 13.9. The summed E-state index contributed by atoms with van der Waals surface area (Å²) in [5, 5.41) is 20.1. The Morgan fingerprint density at radius 2 is 1.90 bits per heavy atom. The van der Waals surface area contributed by atoms with Crippen LogP contribution in [0.4, 0.5) is 10.1 Å². The second kappa shape index (κ2) is 9.13. The number of rotatable bonds is 6. The first-order valence-electron chi connectivity index (χ1n) is 8.50. The van der Waals surface area contributed by atoms with E-state index in [1.807, 2.05) is 6.07 Å². The van der Waals surface area contributed by atoms with Crippen molar-refractivity contribution in [2.75, 3.05) is 0 Å². The summed E-state index contributed by atoms with van der Waals surface area (Å²) in [5.74, 6) is 0.118. The normalized spacial score (nSPS) is 11.0. The SMILES string of the molecule is N#C/C(=C/c1ccc(OCc2ccc([N+](=O)[O-])cc2)c(Br)c1)c1ccccc1F. The second-order valence-electron chi connectivity index (χ2n) is 6.05. The maximum Gasteiger partial charge on any atom is 0.269 e. The Balaban J connectivity index is 1.75. The molecule has 0 bridgehead atoms. The number of halogens is 2. The standard InChI is InChI=1S/C22H14BrFN2O3/c23-20-12-16(11-17(13-25)19-3-1-2-4-21(19)24)7-10-22(20)29-14-15-5-8-18(9-6-15)26(27)28/h1-12H,14H2/b17-11-. The van der Waals surface area contributed by atoms with E-state index in [4.69, 9.17) is 4.74 Å². The van der Waals surface area contributed by atoms with Crippen molar-refractivity contribution in [3.05, 3.63) is 104 Å². The zero-order chi connectivity index (χ0) is 20.8. The average molecular weight is 453 g/mol. The molecule has 0 N–H and O–H groups in total. The van der Waals surface area contributed by atoms with E-state index in [9.17, 15) is 19.8 Å². The number of benzene rings is 3. The number of nitrogens with zero attached hydrogens (tertiary/aromatic N) is 2. The Hall–Kier alpha value is -3.50. The van der Waals surface area contributed by atoms with Gasteiger partial charge in [-0.05, 0) is 63.5 Å². The first kappa shape index (κ1) is 20.2. The monoisotopic (exact) mass is 452 g/mol. The highest BCUT2D eigenvalue weighted by atomic mass is 79.9. The van der Waals surface area contributed by atoms with Crippen molar-refractivity contribution < 1.29 is 14.1 Å². The maximum absolute atomic E-state index is 13.9. The summed E-state index contributed by atoms with van der Waals surface area (Å²) in [5.41, 5.74) is 1.98. The molecule has 0 radical (unpaired) electrons. The minimum absolute atomic E-state index is 0.0224. The van der Waals surface area contributed by atoms with Gasteiger partial charge in [-0.1, -0.05) is 24.3 Å². The molecule has 3 aromatic rings. The number of hydrogen-bond acceptors (Lipinski definition) is 4. The molecule has 0 aromatic heterocycles. The molecule has 0 saturated heterocycles. The average Bonchev–Trinajstić information content (AvgIpc) is 2.72. The fourth-order valence-electron chi connectivity index (χ4n) is 2.62. The van der Waals surface area contributed by atoms with Gasteiger partial charge < -0.3 is 4.74 Å². The Morgan fingerprint density at radius 3 is 2.52 bits per heavy atom. The lowest BCUT2D eigenvalue weighted by atomic mass is 10.0. The lowest BCUT2D eigenvalue weighted by Crippen LogP contribution is -1.97. The number of nitro benzene ring substituents is 1. The number of hydrogen-bond donors (Lipinski definition) is 0. The zero-order valence-corrected chi connectivity index (χ0v) is 16.6. The van der Waals surface area contributed by atoms with Crippen molar-refractivity contribution in [1.82, 2.24) is 0 Å². The third-order valence-corrected chi connectivity index (χ3v) is 4.71. The highest BCUT2D eigenvalue weighted by Crippen LogP contribution is 2.29. The topological polar surface area (TPSA) is 76.2 Å². The largest absolute Gasteiger partial charge is 0.488 e. The lowest BCUT2D eigenvalue weighted by molar-refractivity contribution is -0.384. The van der Waals surface area contributed by atoms with E-state index in [0.29, 0.717) is 15.8 Å². The highest BCUT2D eigenvalue weighted by molar-refractivity contribution is 9.10. The molecule has 7 heteroatoms. The number of nitro groups is 1. The number of nitriles is 1. The highest BCUT2D eigenvalue weighted by Gasteiger charge is 2.09. The van der Waals surface area contributed by atoms with Crippen molar-refractivity contribution in [3.8, 4) is 11.8 Å². The van der Waals surface area contributed by atoms with Gasteiger partial charge in [-0.15, -0.1) is 0 Å². The van der Waals surface area contributed by atoms with Gasteiger partial charge in [-0.25, -0.2) is 4.39 Å². The molecule has 0 saturated carbocycles. The quantitative estimate of drug-likeness (QED) is 0.195. The Bertz CT molecular complexity index is 1120. The number of non-ortho nitro benzene ring substituents is 1. The molecular weight excluding hydrogens is 439 g/mol. The van der Waals surface area contributed by atoms with Gasteiger partial charge in [0, 0.05) is 17.7 Å². The van der Waals surface area contributed by atoms with Crippen LogP contribution in [0.25, 0.3) is 11.6 Å². The number of ether oxygens (including phenoxy) is 1. The van der Waals surface area contributed by atoms with Crippen LogP contribution in [-0.2, 0) is 6.61 Å². The molecule has 3 rings (SSSR count). The summed E-state index contributed by atoms with van der Waals surface area (Å²) in [7, 11) is 0. The van der Waals surface area contributed by atoms with E-state index >= 15 is 0 Å². The minimum Gasteiger partial charge on any atom is -0.488 e. The van der Waals surface area contributed by atoms with E-state index in [2.05, 4.69) is 15.9 Å². The molecule has 144 valence electrons. The molecule has 3 aromatic carbocycles. The van der Waals surface area contributed by atoms with Gasteiger partial charge >= 0.3 is 0 Å². The molecule has 0 heterocycles. The van der Waals surface area contributed by atoms with Crippen LogP contribution < -0.4 is 4.74 Å². The molecule has 0 spiro atoms. The van der Waals surface area contributed by atoms with Gasteiger partial charge in [-0.2, -0.15) is 5.26 Å². The summed E-state index contributed by atoms with van der Waals surface area (Å²) in [6.45, 7) is 0.241. The van der Waals surface area contributed by atoms with E-state index in [1.165, 1.54) is 18.2 Å². The van der Waals surface area contributed by atoms with Gasteiger partial charge in [0.1, 0.15) is 18.2 Å². The van der Waals surface area contributed by atoms with E-state index in [0.717, 1.165) is 5.56 Å². The van der Waals surface area contributed by atoms with Crippen LogP contribution in [0.2, 0.25) is 0 Å². The zero-order valence-electron chi connectivity index (χ0n) is 15.0. The van der Waals surface area contributed by atoms with Gasteiger partial charge in [0.2, 0.25) is 0 Å². The smallest absolute Gasteiger partial charge is 0.269 e. The fourth-order valence-corrected chi connectivity index (χ4v) is 3.13. The molecule has 0 unspecified atom stereocenters. The summed E-state index contributed by atoms with van der Waals surface area (Å²) in [6, 6.07) is 19.5. The Kier molecular flexibility index (Phi) is 6.37. The Morgan fingerprint density at radius 1 is 1.17 bits per heavy atom. The predicted molar refractivity (Wildman–Crippen MR) is 111 cm³/mol. The third kappa shape index (κ3) is 5.06. The van der Waals surface area contributed by atoms with Crippen LogP contribution in [0.15, 0.2) is 71.2 Å². The first-order chi connectivity index (χ1) is 14.0.